The molecule has 0 bridgehead atoms. The summed E-state index contributed by atoms with van der Waals surface area (Å²) < 4.78 is 0. The maximum atomic E-state index is 12.7. The van der Waals surface area contributed by atoms with Gasteiger partial charge in [-0.3, -0.25) is 4.79 Å². The number of nitrogens with zero attached hydrogens (tertiary/aromatic N) is 2. The predicted molar refractivity (Wildman–Crippen MR) is 97.4 cm³/mol. The lowest BCUT2D eigenvalue weighted by Gasteiger charge is -2.20. The average molecular weight is 344 g/mol. The van der Waals surface area contributed by atoms with Gasteiger partial charge in [0.15, 0.2) is 0 Å². The molecule has 128 valence electrons. The summed E-state index contributed by atoms with van der Waals surface area (Å²) >= 11 is 1.43. The molecule has 24 heavy (non-hydrogen) atoms. The van der Waals surface area contributed by atoms with E-state index in [2.05, 4.69) is 36.2 Å². The number of aryl methyl sites for hydroxylation is 2. The third-order valence-electron chi connectivity index (χ3n) is 4.57. The standard InChI is InChI=1S/C19H24N2O2S/c1-4-13-5-7-15(8-6-13)18-20-12(2)17(24-18)19(23)21(3)11-16(22)14-9-10-14/h5-8,14,16,22H,4,9-11H2,1-3H3. The molecule has 4 nitrogen and oxygen atoms in total. The first-order valence-electron chi connectivity index (χ1n) is 8.49. The van der Waals surface area contributed by atoms with Crippen molar-refractivity contribution in [3.63, 3.8) is 0 Å². The first-order chi connectivity index (χ1) is 11.5. The summed E-state index contributed by atoms with van der Waals surface area (Å²) in [5, 5.41) is 10.9. The zero-order chi connectivity index (χ0) is 17.3. The minimum absolute atomic E-state index is 0.0545. The van der Waals surface area contributed by atoms with Crippen LogP contribution in [0.4, 0.5) is 0 Å². The Morgan fingerprint density at radius 3 is 2.62 bits per heavy atom. The maximum Gasteiger partial charge on any atom is 0.265 e. The predicted octanol–water partition coefficient (Wildman–Crippen LogP) is 3.52. The zero-order valence-corrected chi connectivity index (χ0v) is 15.3. The number of hydrogen-bond donors (Lipinski definition) is 1. The van der Waals surface area contributed by atoms with Crippen LogP contribution in [0.3, 0.4) is 0 Å². The van der Waals surface area contributed by atoms with Gasteiger partial charge in [-0.15, -0.1) is 11.3 Å². The van der Waals surface area contributed by atoms with Gasteiger partial charge < -0.3 is 10.0 Å². The summed E-state index contributed by atoms with van der Waals surface area (Å²) in [6.07, 6.45) is 2.74. The average Bonchev–Trinajstić information content (AvgIpc) is 3.37. The molecule has 0 aliphatic heterocycles. The van der Waals surface area contributed by atoms with Gasteiger partial charge in [0.1, 0.15) is 9.88 Å². The van der Waals surface area contributed by atoms with E-state index in [1.807, 2.05) is 6.92 Å². The number of aliphatic hydroxyl groups excluding tert-OH is 1. The monoisotopic (exact) mass is 344 g/mol. The molecule has 1 amide bonds. The van der Waals surface area contributed by atoms with Gasteiger partial charge in [-0.05, 0) is 37.7 Å². The number of benzene rings is 1. The van der Waals surface area contributed by atoms with Gasteiger partial charge in [0.25, 0.3) is 5.91 Å². The number of amides is 1. The third-order valence-corrected chi connectivity index (χ3v) is 5.77. The van der Waals surface area contributed by atoms with E-state index in [0.29, 0.717) is 17.3 Å². The SMILES string of the molecule is CCc1ccc(-c2nc(C)c(C(=O)N(C)CC(O)C3CC3)s2)cc1. The van der Waals surface area contributed by atoms with Gasteiger partial charge in [-0.2, -0.15) is 0 Å². The van der Waals surface area contributed by atoms with Crippen molar-refractivity contribution in [2.24, 2.45) is 5.92 Å². The van der Waals surface area contributed by atoms with Crippen molar-refractivity contribution in [1.82, 2.24) is 9.88 Å². The second-order valence-corrected chi connectivity index (χ2v) is 7.57. The Hall–Kier alpha value is -1.72. The Kier molecular flexibility index (Phi) is 5.01. The van der Waals surface area contributed by atoms with Crippen molar-refractivity contribution in [3.8, 4) is 10.6 Å². The topological polar surface area (TPSA) is 53.4 Å². The van der Waals surface area contributed by atoms with E-state index >= 15 is 0 Å². The highest BCUT2D eigenvalue weighted by Crippen LogP contribution is 2.33. The van der Waals surface area contributed by atoms with E-state index in [1.54, 1.807) is 11.9 Å². The van der Waals surface area contributed by atoms with Gasteiger partial charge in [-0.1, -0.05) is 31.2 Å². The van der Waals surface area contributed by atoms with Gasteiger partial charge >= 0.3 is 0 Å². The number of carbonyl (C=O) groups excluding carboxylic acids is 1. The summed E-state index contributed by atoms with van der Waals surface area (Å²) in [5.41, 5.74) is 3.09. The van der Waals surface area contributed by atoms with Gasteiger partial charge in [0.2, 0.25) is 0 Å². The van der Waals surface area contributed by atoms with Crippen LogP contribution in [-0.2, 0) is 6.42 Å². The molecule has 1 heterocycles. The van der Waals surface area contributed by atoms with Crippen LogP contribution in [0.2, 0.25) is 0 Å². The largest absolute Gasteiger partial charge is 0.391 e. The molecule has 1 atom stereocenters. The molecule has 0 radical (unpaired) electrons. The second kappa shape index (κ2) is 7.03. The number of likely N-dealkylation sites (N-methyl/N-ethyl adjacent to an activating group) is 1. The highest BCUT2D eigenvalue weighted by Gasteiger charge is 2.31. The number of rotatable bonds is 6. The van der Waals surface area contributed by atoms with Crippen molar-refractivity contribution >= 4 is 17.2 Å². The number of aliphatic hydroxyl groups is 1. The molecule has 3 rings (SSSR count). The maximum absolute atomic E-state index is 12.7. The van der Waals surface area contributed by atoms with Crippen LogP contribution >= 0.6 is 11.3 Å². The molecule has 1 aliphatic carbocycles. The van der Waals surface area contributed by atoms with E-state index < -0.39 is 6.10 Å². The van der Waals surface area contributed by atoms with Crippen molar-refractivity contribution < 1.29 is 9.90 Å². The molecular formula is C19H24N2O2S. The molecule has 1 aromatic carbocycles. The van der Waals surface area contributed by atoms with E-state index in [0.717, 1.165) is 35.5 Å². The molecule has 2 aromatic rings. The molecule has 1 unspecified atom stereocenters. The third kappa shape index (κ3) is 3.68. The Balaban J connectivity index is 1.75. The minimum Gasteiger partial charge on any atom is -0.391 e. The number of thiazole rings is 1. The molecule has 5 heteroatoms. The van der Waals surface area contributed by atoms with E-state index in [1.165, 1.54) is 16.9 Å². The first kappa shape index (κ1) is 17.1. The van der Waals surface area contributed by atoms with Crippen LogP contribution in [-0.4, -0.2) is 40.6 Å². The van der Waals surface area contributed by atoms with E-state index in [4.69, 9.17) is 0 Å². The normalized spacial score (nSPS) is 15.3. The molecular weight excluding hydrogens is 320 g/mol. The molecule has 1 aromatic heterocycles. The van der Waals surface area contributed by atoms with Crippen molar-refractivity contribution in [2.75, 3.05) is 13.6 Å². The lowest BCUT2D eigenvalue weighted by atomic mass is 10.1. The number of carbonyl (C=O) groups is 1. The Labute approximate surface area is 147 Å². The highest BCUT2D eigenvalue weighted by molar-refractivity contribution is 7.17. The molecule has 1 fully saturated rings. The van der Waals surface area contributed by atoms with Gasteiger partial charge in [0, 0.05) is 19.2 Å². The summed E-state index contributed by atoms with van der Waals surface area (Å²) in [6.45, 7) is 4.39. The Bertz CT molecular complexity index is 719. The van der Waals surface area contributed by atoms with Gasteiger partial charge in [0.05, 0.1) is 11.8 Å². The summed E-state index contributed by atoms with van der Waals surface area (Å²) in [5.74, 6) is 0.316. The summed E-state index contributed by atoms with van der Waals surface area (Å²) in [4.78, 5) is 19.5. The van der Waals surface area contributed by atoms with Crippen LogP contribution in [0.1, 0.15) is 40.7 Å². The van der Waals surface area contributed by atoms with Crippen molar-refractivity contribution in [3.05, 3.63) is 40.4 Å². The molecule has 0 spiro atoms. The number of aromatic nitrogens is 1. The van der Waals surface area contributed by atoms with Crippen LogP contribution < -0.4 is 0 Å². The van der Waals surface area contributed by atoms with Crippen LogP contribution in [0.5, 0.6) is 0 Å². The second-order valence-electron chi connectivity index (χ2n) is 6.57. The van der Waals surface area contributed by atoms with Crippen molar-refractivity contribution in [2.45, 2.75) is 39.2 Å². The zero-order valence-electron chi connectivity index (χ0n) is 14.5. The lowest BCUT2D eigenvalue weighted by Crippen LogP contribution is -2.35. The van der Waals surface area contributed by atoms with Crippen LogP contribution in [0, 0.1) is 12.8 Å². The fourth-order valence-corrected chi connectivity index (χ4v) is 3.83. The smallest absolute Gasteiger partial charge is 0.265 e. The quantitative estimate of drug-likeness (QED) is 0.872. The van der Waals surface area contributed by atoms with E-state index in [-0.39, 0.29) is 5.91 Å². The number of hydrogen-bond acceptors (Lipinski definition) is 4. The lowest BCUT2D eigenvalue weighted by molar-refractivity contribution is 0.0649. The molecule has 1 aliphatic rings. The van der Waals surface area contributed by atoms with Crippen LogP contribution in [0.15, 0.2) is 24.3 Å². The Morgan fingerprint density at radius 1 is 1.38 bits per heavy atom. The summed E-state index contributed by atoms with van der Waals surface area (Å²) in [6, 6.07) is 8.33. The molecule has 1 N–H and O–H groups in total. The highest BCUT2D eigenvalue weighted by atomic mass is 32.1. The fourth-order valence-electron chi connectivity index (χ4n) is 2.77. The minimum atomic E-state index is -0.409. The fraction of sp³-hybridized carbons (Fsp3) is 0.474. The molecule has 0 saturated heterocycles. The first-order valence-corrected chi connectivity index (χ1v) is 9.31. The van der Waals surface area contributed by atoms with Crippen LogP contribution in [0.25, 0.3) is 10.6 Å². The molecule has 1 saturated carbocycles. The van der Waals surface area contributed by atoms with E-state index in [9.17, 15) is 9.90 Å². The van der Waals surface area contributed by atoms with Crippen molar-refractivity contribution in [1.29, 1.82) is 0 Å². The Morgan fingerprint density at radius 2 is 2.04 bits per heavy atom. The summed E-state index contributed by atoms with van der Waals surface area (Å²) in [7, 11) is 1.75. The van der Waals surface area contributed by atoms with Gasteiger partial charge in [-0.25, -0.2) is 4.98 Å².